The highest BCUT2D eigenvalue weighted by molar-refractivity contribution is 5.87. The highest BCUT2D eigenvalue weighted by atomic mass is 16.2. The van der Waals surface area contributed by atoms with E-state index in [1.54, 1.807) is 0 Å². The van der Waals surface area contributed by atoms with E-state index in [4.69, 9.17) is 0 Å². The smallest absolute Gasteiger partial charge is 0.245 e. The van der Waals surface area contributed by atoms with Crippen molar-refractivity contribution in [1.29, 1.82) is 0 Å². The molecule has 1 aromatic rings. The largest absolute Gasteiger partial charge is 0.373 e. The monoisotopic (exact) mass is 273 g/mol. The number of amides is 1. The molecule has 0 aliphatic carbocycles. The van der Waals surface area contributed by atoms with Gasteiger partial charge >= 0.3 is 0 Å². The average Bonchev–Trinajstić information content (AvgIpc) is 3.03. The van der Waals surface area contributed by atoms with Crippen LogP contribution in [0.5, 0.6) is 0 Å². The summed E-state index contributed by atoms with van der Waals surface area (Å²) in [7, 11) is 4.15. The summed E-state index contributed by atoms with van der Waals surface area (Å²) in [6.45, 7) is 1.87. The summed E-state index contributed by atoms with van der Waals surface area (Å²) in [6.07, 6.45) is 3.08. The number of anilines is 1. The first-order chi connectivity index (χ1) is 9.65. The van der Waals surface area contributed by atoms with Crippen LogP contribution >= 0.6 is 0 Å². The van der Waals surface area contributed by atoms with Gasteiger partial charge in [0.2, 0.25) is 5.91 Å². The number of fused-ring (bicyclic) bond motifs is 1. The zero-order chi connectivity index (χ0) is 14.1. The molecule has 0 radical (unpaired) electrons. The normalized spacial score (nSPS) is 24.9. The highest BCUT2D eigenvalue weighted by Crippen LogP contribution is 2.28. The third-order valence-corrected chi connectivity index (χ3v) is 4.31. The first-order valence-electron chi connectivity index (χ1n) is 7.45. The van der Waals surface area contributed by atoms with Crippen molar-refractivity contribution in [2.24, 2.45) is 0 Å². The molecule has 1 fully saturated rings. The average molecular weight is 273 g/mol. The number of hydrogen-bond donors (Lipinski definition) is 1. The van der Waals surface area contributed by atoms with E-state index in [0.717, 1.165) is 38.0 Å². The Morgan fingerprint density at radius 3 is 2.95 bits per heavy atom. The van der Waals surface area contributed by atoms with E-state index in [-0.39, 0.29) is 11.9 Å². The lowest BCUT2D eigenvalue weighted by atomic mass is 10.1. The molecule has 108 valence electrons. The molecule has 4 heteroatoms. The number of likely N-dealkylation sites (N-methyl/N-ethyl adjacent to an activating group) is 1. The van der Waals surface area contributed by atoms with Crippen LogP contribution in [0.15, 0.2) is 24.3 Å². The van der Waals surface area contributed by atoms with Crippen molar-refractivity contribution >= 4 is 11.6 Å². The van der Waals surface area contributed by atoms with Gasteiger partial charge in [-0.3, -0.25) is 4.79 Å². The number of likely N-dealkylation sites (tertiary alicyclic amines) is 1. The summed E-state index contributed by atoms with van der Waals surface area (Å²) in [5.74, 6) is 0.269. The molecule has 1 unspecified atom stereocenters. The quantitative estimate of drug-likeness (QED) is 0.908. The van der Waals surface area contributed by atoms with Crippen LogP contribution in [-0.4, -0.2) is 55.0 Å². The van der Waals surface area contributed by atoms with Crippen molar-refractivity contribution in [3.05, 3.63) is 29.8 Å². The van der Waals surface area contributed by atoms with Crippen molar-refractivity contribution in [2.45, 2.75) is 31.3 Å². The van der Waals surface area contributed by atoms with Crippen molar-refractivity contribution in [3.63, 3.8) is 0 Å². The van der Waals surface area contributed by atoms with E-state index < -0.39 is 0 Å². The Bertz CT molecular complexity index is 475. The van der Waals surface area contributed by atoms with Crippen LogP contribution in [-0.2, 0) is 11.2 Å². The summed E-state index contributed by atoms with van der Waals surface area (Å²) >= 11 is 0. The second-order valence-corrected chi connectivity index (χ2v) is 6.15. The molecule has 0 saturated carbocycles. The van der Waals surface area contributed by atoms with Crippen molar-refractivity contribution in [2.75, 3.05) is 32.5 Å². The maximum atomic E-state index is 12.8. The van der Waals surface area contributed by atoms with Gasteiger partial charge in [-0.05, 0) is 38.6 Å². The van der Waals surface area contributed by atoms with Gasteiger partial charge in [-0.2, -0.15) is 0 Å². The van der Waals surface area contributed by atoms with E-state index >= 15 is 0 Å². The summed E-state index contributed by atoms with van der Waals surface area (Å²) < 4.78 is 0. The molecule has 2 heterocycles. The molecule has 0 aromatic heterocycles. The Hall–Kier alpha value is -1.55. The number of benzene rings is 1. The van der Waals surface area contributed by atoms with E-state index in [9.17, 15) is 4.79 Å². The molecule has 2 aliphatic heterocycles. The maximum absolute atomic E-state index is 12.8. The lowest BCUT2D eigenvalue weighted by Gasteiger charge is -2.29. The van der Waals surface area contributed by atoms with Crippen LogP contribution in [0.3, 0.4) is 0 Å². The van der Waals surface area contributed by atoms with Crippen LogP contribution < -0.4 is 5.32 Å². The predicted molar refractivity (Wildman–Crippen MR) is 80.8 cm³/mol. The van der Waals surface area contributed by atoms with E-state index in [0.29, 0.717) is 6.04 Å². The first-order valence-corrected chi connectivity index (χ1v) is 7.45. The number of nitrogens with one attached hydrogen (secondary N) is 1. The summed E-state index contributed by atoms with van der Waals surface area (Å²) in [5, 5.41) is 3.38. The maximum Gasteiger partial charge on any atom is 0.245 e. The molecule has 2 atom stereocenters. The molecule has 20 heavy (non-hydrogen) atoms. The van der Waals surface area contributed by atoms with Crippen molar-refractivity contribution in [3.8, 4) is 0 Å². The minimum Gasteiger partial charge on any atom is -0.373 e. The first kappa shape index (κ1) is 13.4. The van der Waals surface area contributed by atoms with Gasteiger partial charge in [0.05, 0.1) is 0 Å². The van der Waals surface area contributed by atoms with Gasteiger partial charge in [0.25, 0.3) is 0 Å². The molecule has 0 spiro atoms. The second kappa shape index (κ2) is 5.44. The summed E-state index contributed by atoms with van der Waals surface area (Å²) in [6, 6.07) is 8.53. The van der Waals surface area contributed by atoms with E-state index in [2.05, 4.69) is 41.3 Å². The number of para-hydroxylation sites is 1. The lowest BCUT2D eigenvalue weighted by molar-refractivity contribution is -0.132. The molecule has 4 nitrogen and oxygen atoms in total. The minimum absolute atomic E-state index is 0.0739. The third kappa shape index (κ3) is 2.52. The number of hydrogen-bond acceptors (Lipinski definition) is 3. The Labute approximate surface area is 120 Å². The number of carbonyl (C=O) groups is 1. The van der Waals surface area contributed by atoms with Crippen LogP contribution in [0, 0.1) is 0 Å². The third-order valence-electron chi connectivity index (χ3n) is 4.31. The predicted octanol–water partition coefficient (Wildman–Crippen LogP) is 1.58. The van der Waals surface area contributed by atoms with Gasteiger partial charge in [-0.25, -0.2) is 0 Å². The molecule has 0 bridgehead atoms. The minimum atomic E-state index is -0.0739. The van der Waals surface area contributed by atoms with Gasteiger partial charge in [-0.1, -0.05) is 18.2 Å². The Morgan fingerprint density at radius 2 is 2.20 bits per heavy atom. The Morgan fingerprint density at radius 1 is 1.40 bits per heavy atom. The zero-order valence-electron chi connectivity index (χ0n) is 12.3. The molecule has 1 amide bonds. The van der Waals surface area contributed by atoms with E-state index in [1.165, 1.54) is 5.56 Å². The Kier molecular flexibility index (Phi) is 3.66. The summed E-state index contributed by atoms with van der Waals surface area (Å²) in [4.78, 5) is 17.0. The molecule has 1 N–H and O–H groups in total. The Balaban J connectivity index is 1.68. The molecule has 2 aliphatic rings. The van der Waals surface area contributed by atoms with Crippen molar-refractivity contribution in [1.82, 2.24) is 9.80 Å². The molecular weight excluding hydrogens is 250 g/mol. The standard InChI is InChI=1S/C16H23N3O/c1-18(2)11-13-7-5-9-19(13)16(20)15-10-12-6-3-4-8-14(12)17-15/h3-4,6,8,13,15,17H,5,7,9-11H2,1-2H3/t13?,15-/m0/s1. The van der Waals surface area contributed by atoms with Gasteiger partial charge in [0.1, 0.15) is 6.04 Å². The molecule has 1 aromatic carbocycles. The van der Waals surface area contributed by atoms with E-state index in [1.807, 2.05) is 12.1 Å². The van der Waals surface area contributed by atoms with Gasteiger partial charge in [-0.15, -0.1) is 0 Å². The number of carbonyl (C=O) groups excluding carboxylic acids is 1. The van der Waals surface area contributed by atoms with Gasteiger partial charge < -0.3 is 15.1 Å². The fourth-order valence-electron chi connectivity index (χ4n) is 3.38. The van der Waals surface area contributed by atoms with Crippen LogP contribution in [0.2, 0.25) is 0 Å². The molecular formula is C16H23N3O. The lowest BCUT2D eigenvalue weighted by Crippen LogP contribution is -2.47. The van der Waals surface area contributed by atoms with Crippen LogP contribution in [0.25, 0.3) is 0 Å². The van der Waals surface area contributed by atoms with Gasteiger partial charge in [0.15, 0.2) is 0 Å². The molecule has 1 saturated heterocycles. The number of rotatable bonds is 3. The SMILES string of the molecule is CN(C)CC1CCCN1C(=O)[C@@H]1Cc2ccccc2N1. The zero-order valence-corrected chi connectivity index (χ0v) is 12.3. The fourth-order valence-corrected chi connectivity index (χ4v) is 3.38. The fraction of sp³-hybridized carbons (Fsp3) is 0.562. The summed E-state index contributed by atoms with van der Waals surface area (Å²) in [5.41, 5.74) is 2.38. The molecule has 3 rings (SSSR count). The van der Waals surface area contributed by atoms with Crippen LogP contribution in [0.1, 0.15) is 18.4 Å². The topological polar surface area (TPSA) is 35.6 Å². The van der Waals surface area contributed by atoms with Crippen LogP contribution in [0.4, 0.5) is 5.69 Å². The van der Waals surface area contributed by atoms with Gasteiger partial charge in [0, 0.05) is 31.2 Å². The number of nitrogens with zero attached hydrogens (tertiary/aromatic N) is 2. The van der Waals surface area contributed by atoms with Crippen molar-refractivity contribution < 1.29 is 4.79 Å². The second-order valence-electron chi connectivity index (χ2n) is 6.15. The highest BCUT2D eigenvalue weighted by Gasteiger charge is 2.35.